The maximum Gasteiger partial charge on any atom is 0.270 e. The number of non-ortho nitro benzene ring substituents is 1. The van der Waals surface area contributed by atoms with Crippen molar-refractivity contribution >= 4 is 22.4 Å². The number of aryl methyl sites for hydroxylation is 1. The second kappa shape index (κ2) is 3.80. The Kier molecular flexibility index (Phi) is 2.47. The summed E-state index contributed by atoms with van der Waals surface area (Å²) in [6.07, 6.45) is 0.938. The number of nitro groups is 1. The van der Waals surface area contributed by atoms with Crippen LogP contribution in [0.3, 0.4) is 0 Å². The summed E-state index contributed by atoms with van der Waals surface area (Å²) in [5, 5.41) is 15.4. The standard InChI is InChI=1S/C10H12N4O2/c1-2-5-13-9-4-3-7(14(15)16)6-8(9)10(11)12-13/h3-4,6H,2,5H2,1H3,(H2,11,12). The predicted octanol–water partition coefficient (Wildman–Crippen LogP) is 1.94. The van der Waals surface area contributed by atoms with Crippen molar-refractivity contribution in [2.45, 2.75) is 19.9 Å². The van der Waals surface area contributed by atoms with E-state index in [1.54, 1.807) is 10.7 Å². The number of hydrogen-bond acceptors (Lipinski definition) is 4. The van der Waals surface area contributed by atoms with Crippen molar-refractivity contribution < 1.29 is 4.92 Å². The number of anilines is 1. The van der Waals surface area contributed by atoms with Gasteiger partial charge in [-0.25, -0.2) is 0 Å². The average molecular weight is 220 g/mol. The quantitative estimate of drug-likeness (QED) is 0.632. The van der Waals surface area contributed by atoms with Crippen molar-refractivity contribution in [3.63, 3.8) is 0 Å². The van der Waals surface area contributed by atoms with Crippen LogP contribution in [0.25, 0.3) is 10.9 Å². The van der Waals surface area contributed by atoms with E-state index in [-0.39, 0.29) is 5.69 Å². The third kappa shape index (κ3) is 1.58. The van der Waals surface area contributed by atoms with Gasteiger partial charge in [0.05, 0.1) is 15.8 Å². The predicted molar refractivity (Wildman–Crippen MR) is 61.1 cm³/mol. The highest BCUT2D eigenvalue weighted by Gasteiger charge is 2.12. The van der Waals surface area contributed by atoms with Crippen LogP contribution in [0.15, 0.2) is 18.2 Å². The van der Waals surface area contributed by atoms with E-state index in [1.807, 2.05) is 6.92 Å². The maximum atomic E-state index is 10.6. The molecule has 16 heavy (non-hydrogen) atoms. The zero-order valence-electron chi connectivity index (χ0n) is 8.88. The Morgan fingerprint density at radius 1 is 1.56 bits per heavy atom. The highest BCUT2D eigenvalue weighted by molar-refractivity contribution is 5.90. The van der Waals surface area contributed by atoms with Gasteiger partial charge in [-0.2, -0.15) is 5.10 Å². The molecule has 0 fully saturated rings. The molecule has 0 radical (unpaired) electrons. The lowest BCUT2D eigenvalue weighted by atomic mass is 10.2. The van der Waals surface area contributed by atoms with Crippen LogP contribution >= 0.6 is 0 Å². The molecule has 2 rings (SSSR count). The molecule has 0 aliphatic heterocycles. The number of fused-ring (bicyclic) bond motifs is 1. The Morgan fingerprint density at radius 2 is 2.31 bits per heavy atom. The van der Waals surface area contributed by atoms with Gasteiger partial charge in [0.1, 0.15) is 0 Å². The van der Waals surface area contributed by atoms with Gasteiger partial charge in [0.15, 0.2) is 5.82 Å². The number of rotatable bonds is 3. The Bertz CT molecular complexity index is 547. The summed E-state index contributed by atoms with van der Waals surface area (Å²) in [6, 6.07) is 4.62. The lowest BCUT2D eigenvalue weighted by Gasteiger charge is -1.99. The molecule has 0 aliphatic carbocycles. The van der Waals surface area contributed by atoms with Crippen molar-refractivity contribution in [3.8, 4) is 0 Å². The molecule has 0 unspecified atom stereocenters. The Labute approximate surface area is 91.8 Å². The van der Waals surface area contributed by atoms with E-state index < -0.39 is 4.92 Å². The van der Waals surface area contributed by atoms with Crippen LogP contribution in [0.5, 0.6) is 0 Å². The van der Waals surface area contributed by atoms with Crippen LogP contribution in [0, 0.1) is 10.1 Å². The molecule has 0 atom stereocenters. The lowest BCUT2D eigenvalue weighted by Crippen LogP contribution is -1.99. The first-order valence-corrected chi connectivity index (χ1v) is 5.04. The first-order valence-electron chi connectivity index (χ1n) is 5.04. The van der Waals surface area contributed by atoms with Crippen LogP contribution in [0.4, 0.5) is 11.5 Å². The molecule has 1 heterocycles. The molecule has 2 aromatic rings. The van der Waals surface area contributed by atoms with Gasteiger partial charge in [0.25, 0.3) is 5.69 Å². The number of nitrogens with zero attached hydrogens (tertiary/aromatic N) is 3. The minimum Gasteiger partial charge on any atom is -0.382 e. The largest absolute Gasteiger partial charge is 0.382 e. The smallest absolute Gasteiger partial charge is 0.270 e. The number of nitro benzene ring substituents is 1. The van der Waals surface area contributed by atoms with E-state index in [9.17, 15) is 10.1 Å². The zero-order valence-corrected chi connectivity index (χ0v) is 8.88. The summed E-state index contributed by atoms with van der Waals surface area (Å²) >= 11 is 0. The topological polar surface area (TPSA) is 87.0 Å². The highest BCUT2D eigenvalue weighted by atomic mass is 16.6. The molecule has 1 aromatic carbocycles. The molecular formula is C10H12N4O2. The molecule has 0 bridgehead atoms. The molecule has 6 heteroatoms. The normalized spacial score (nSPS) is 10.8. The number of nitrogen functional groups attached to an aromatic ring is 1. The molecule has 0 aliphatic rings. The van der Waals surface area contributed by atoms with Gasteiger partial charge in [-0.3, -0.25) is 14.8 Å². The second-order valence-electron chi connectivity index (χ2n) is 3.57. The summed E-state index contributed by atoms with van der Waals surface area (Å²) in [4.78, 5) is 10.2. The Balaban J connectivity index is 2.61. The molecular weight excluding hydrogens is 208 g/mol. The highest BCUT2D eigenvalue weighted by Crippen LogP contribution is 2.25. The van der Waals surface area contributed by atoms with E-state index in [0.717, 1.165) is 18.5 Å². The summed E-state index contributed by atoms with van der Waals surface area (Å²) in [7, 11) is 0. The van der Waals surface area contributed by atoms with E-state index in [2.05, 4.69) is 5.10 Å². The summed E-state index contributed by atoms with van der Waals surface area (Å²) in [5.41, 5.74) is 6.60. The van der Waals surface area contributed by atoms with Crippen molar-refractivity contribution in [3.05, 3.63) is 28.3 Å². The number of hydrogen-bond donors (Lipinski definition) is 1. The van der Waals surface area contributed by atoms with E-state index in [0.29, 0.717) is 11.2 Å². The van der Waals surface area contributed by atoms with Crippen molar-refractivity contribution in [2.75, 3.05) is 5.73 Å². The molecule has 1 aromatic heterocycles. The molecule has 84 valence electrons. The molecule has 0 spiro atoms. The van der Waals surface area contributed by atoms with Crippen molar-refractivity contribution in [2.24, 2.45) is 0 Å². The third-order valence-electron chi connectivity index (χ3n) is 2.41. The fourth-order valence-electron chi connectivity index (χ4n) is 1.69. The van der Waals surface area contributed by atoms with E-state index >= 15 is 0 Å². The van der Waals surface area contributed by atoms with E-state index in [4.69, 9.17) is 5.73 Å². The average Bonchev–Trinajstić information content (AvgIpc) is 2.56. The van der Waals surface area contributed by atoms with Gasteiger partial charge in [0.2, 0.25) is 0 Å². The first-order chi connectivity index (χ1) is 7.63. The summed E-state index contributed by atoms with van der Waals surface area (Å²) in [6.45, 7) is 2.79. The van der Waals surface area contributed by atoms with Gasteiger partial charge in [-0.1, -0.05) is 6.92 Å². The molecule has 0 saturated carbocycles. The fraction of sp³-hybridized carbons (Fsp3) is 0.300. The number of benzene rings is 1. The van der Waals surface area contributed by atoms with Crippen molar-refractivity contribution in [1.82, 2.24) is 9.78 Å². The minimum absolute atomic E-state index is 0.0373. The fourth-order valence-corrected chi connectivity index (χ4v) is 1.69. The van der Waals surface area contributed by atoms with Gasteiger partial charge in [0, 0.05) is 18.7 Å². The van der Waals surface area contributed by atoms with Gasteiger partial charge in [-0.05, 0) is 12.5 Å². The Hall–Kier alpha value is -2.11. The van der Waals surface area contributed by atoms with Gasteiger partial charge >= 0.3 is 0 Å². The monoisotopic (exact) mass is 220 g/mol. The maximum absolute atomic E-state index is 10.6. The van der Waals surface area contributed by atoms with Crippen molar-refractivity contribution in [1.29, 1.82) is 0 Å². The van der Waals surface area contributed by atoms with E-state index in [1.165, 1.54) is 12.1 Å². The second-order valence-corrected chi connectivity index (χ2v) is 3.57. The third-order valence-corrected chi connectivity index (χ3v) is 2.41. The van der Waals surface area contributed by atoms with Crippen LogP contribution in [0.2, 0.25) is 0 Å². The first kappa shape index (κ1) is 10.4. The molecule has 2 N–H and O–H groups in total. The summed E-state index contributed by atoms with van der Waals surface area (Å²) < 4.78 is 1.77. The SMILES string of the molecule is CCCn1nc(N)c2cc([N+](=O)[O-])ccc21. The molecule has 0 saturated heterocycles. The summed E-state index contributed by atoms with van der Waals surface area (Å²) in [5.74, 6) is 0.340. The van der Waals surface area contributed by atoms with Crippen LogP contribution in [0.1, 0.15) is 13.3 Å². The number of aromatic nitrogens is 2. The zero-order chi connectivity index (χ0) is 11.7. The van der Waals surface area contributed by atoms with Gasteiger partial charge < -0.3 is 5.73 Å². The van der Waals surface area contributed by atoms with Crippen LogP contribution in [-0.2, 0) is 6.54 Å². The molecule has 6 nitrogen and oxygen atoms in total. The lowest BCUT2D eigenvalue weighted by molar-refractivity contribution is -0.384. The minimum atomic E-state index is -0.434. The Morgan fingerprint density at radius 3 is 2.94 bits per heavy atom. The van der Waals surface area contributed by atoms with Gasteiger partial charge in [-0.15, -0.1) is 0 Å². The van der Waals surface area contributed by atoms with Crippen LogP contribution in [-0.4, -0.2) is 14.7 Å². The van der Waals surface area contributed by atoms with Crippen LogP contribution < -0.4 is 5.73 Å². The molecule has 0 amide bonds. The number of nitrogens with two attached hydrogens (primary N) is 1.